The molecule has 1 atom stereocenters. The van der Waals surface area contributed by atoms with Gasteiger partial charge >= 0.3 is 0 Å². The van der Waals surface area contributed by atoms with Crippen LogP contribution in [0.5, 0.6) is 11.5 Å². The van der Waals surface area contributed by atoms with Gasteiger partial charge in [0.1, 0.15) is 11.5 Å². The van der Waals surface area contributed by atoms with E-state index in [1.54, 1.807) is 26.2 Å². The first-order valence-corrected chi connectivity index (χ1v) is 8.36. The van der Waals surface area contributed by atoms with Crippen LogP contribution in [0.15, 0.2) is 12.1 Å². The molecule has 0 radical (unpaired) electrons. The number of amides is 3. The third-order valence-corrected chi connectivity index (χ3v) is 4.45. The second-order valence-electron chi connectivity index (χ2n) is 6.07. The maximum Gasteiger partial charge on any atom is 0.241 e. The number of halogens is 1. The van der Waals surface area contributed by atoms with Crippen LogP contribution in [-0.4, -0.2) is 64.0 Å². The third kappa shape index (κ3) is 4.19. The SMILES string of the molecule is COc1cc(OC)c(N2C[C@H](C(=O)NCC(=O)N(C)C)CC2=O)cc1Cl. The van der Waals surface area contributed by atoms with Gasteiger partial charge in [-0.25, -0.2) is 0 Å². The summed E-state index contributed by atoms with van der Waals surface area (Å²) in [6, 6.07) is 3.17. The van der Waals surface area contributed by atoms with E-state index in [2.05, 4.69) is 5.32 Å². The molecule has 1 saturated heterocycles. The Kier molecular flexibility index (Phi) is 6.31. The Morgan fingerprint density at radius 1 is 1.27 bits per heavy atom. The maximum atomic E-state index is 12.4. The number of nitrogens with zero attached hydrogens (tertiary/aromatic N) is 2. The van der Waals surface area contributed by atoms with Crippen LogP contribution in [0.4, 0.5) is 5.69 Å². The summed E-state index contributed by atoms with van der Waals surface area (Å²) >= 11 is 6.16. The summed E-state index contributed by atoms with van der Waals surface area (Å²) in [6.07, 6.45) is 0.0504. The lowest BCUT2D eigenvalue weighted by Gasteiger charge is -2.21. The molecule has 2 rings (SSSR count). The Hall–Kier alpha value is -2.48. The number of nitrogens with one attached hydrogen (secondary N) is 1. The summed E-state index contributed by atoms with van der Waals surface area (Å²) in [5, 5.41) is 2.90. The topological polar surface area (TPSA) is 88.2 Å². The molecule has 9 heteroatoms. The highest BCUT2D eigenvalue weighted by Crippen LogP contribution is 2.40. The zero-order valence-corrected chi connectivity index (χ0v) is 15.9. The first-order chi connectivity index (χ1) is 12.3. The lowest BCUT2D eigenvalue weighted by molar-refractivity contribution is -0.132. The van der Waals surface area contributed by atoms with Gasteiger partial charge in [-0.1, -0.05) is 11.6 Å². The van der Waals surface area contributed by atoms with Crippen molar-refractivity contribution >= 4 is 35.0 Å². The van der Waals surface area contributed by atoms with Gasteiger partial charge in [0.2, 0.25) is 17.7 Å². The minimum Gasteiger partial charge on any atom is -0.495 e. The van der Waals surface area contributed by atoms with Crippen molar-refractivity contribution in [1.82, 2.24) is 10.2 Å². The van der Waals surface area contributed by atoms with Crippen LogP contribution in [0.25, 0.3) is 0 Å². The van der Waals surface area contributed by atoms with Gasteiger partial charge < -0.3 is 24.6 Å². The molecule has 1 aliphatic rings. The molecule has 1 fully saturated rings. The Balaban J connectivity index is 2.14. The van der Waals surface area contributed by atoms with E-state index in [9.17, 15) is 14.4 Å². The van der Waals surface area contributed by atoms with Crippen molar-refractivity contribution in [2.24, 2.45) is 5.92 Å². The molecule has 26 heavy (non-hydrogen) atoms. The van der Waals surface area contributed by atoms with Crippen molar-refractivity contribution in [2.45, 2.75) is 6.42 Å². The van der Waals surface area contributed by atoms with Crippen LogP contribution in [0, 0.1) is 5.92 Å². The molecule has 3 amide bonds. The average Bonchev–Trinajstić information content (AvgIpc) is 3.00. The van der Waals surface area contributed by atoms with E-state index in [0.29, 0.717) is 22.2 Å². The fourth-order valence-electron chi connectivity index (χ4n) is 2.64. The predicted molar refractivity (Wildman–Crippen MR) is 96.7 cm³/mol. The lowest BCUT2D eigenvalue weighted by Crippen LogP contribution is -2.39. The highest BCUT2D eigenvalue weighted by atomic mass is 35.5. The molecule has 1 heterocycles. The van der Waals surface area contributed by atoms with Gasteiger partial charge in [0.25, 0.3) is 0 Å². The van der Waals surface area contributed by atoms with Gasteiger partial charge in [0.15, 0.2) is 0 Å². The summed E-state index contributed by atoms with van der Waals surface area (Å²) in [6.45, 7) is 0.0774. The number of carbonyl (C=O) groups is 3. The van der Waals surface area contributed by atoms with Gasteiger partial charge in [0.05, 0.1) is 37.4 Å². The Labute approximate surface area is 157 Å². The molecule has 0 saturated carbocycles. The van der Waals surface area contributed by atoms with Crippen molar-refractivity contribution in [2.75, 3.05) is 46.3 Å². The summed E-state index contributed by atoms with van der Waals surface area (Å²) < 4.78 is 10.5. The fraction of sp³-hybridized carbons (Fsp3) is 0.471. The van der Waals surface area contributed by atoms with Crippen molar-refractivity contribution < 1.29 is 23.9 Å². The molecule has 142 valence electrons. The largest absolute Gasteiger partial charge is 0.495 e. The summed E-state index contributed by atoms with van der Waals surface area (Å²) in [4.78, 5) is 39.1. The van der Waals surface area contributed by atoms with Crippen LogP contribution >= 0.6 is 11.6 Å². The van der Waals surface area contributed by atoms with Gasteiger partial charge in [0, 0.05) is 33.1 Å². The number of benzene rings is 1. The molecule has 0 unspecified atom stereocenters. The summed E-state index contributed by atoms with van der Waals surface area (Å²) in [5.41, 5.74) is 0.475. The Morgan fingerprint density at radius 3 is 2.50 bits per heavy atom. The molecule has 0 spiro atoms. The highest BCUT2D eigenvalue weighted by Gasteiger charge is 2.36. The van der Waals surface area contributed by atoms with Gasteiger partial charge in [-0.3, -0.25) is 14.4 Å². The van der Waals surface area contributed by atoms with E-state index in [0.717, 1.165) is 0 Å². The normalized spacial score (nSPS) is 16.4. The highest BCUT2D eigenvalue weighted by molar-refractivity contribution is 6.32. The third-order valence-electron chi connectivity index (χ3n) is 4.15. The smallest absolute Gasteiger partial charge is 0.241 e. The standard InChI is InChI=1S/C17H22ClN3O5/c1-20(2)16(23)8-19-17(24)10-5-15(22)21(9-10)12-6-11(18)13(25-3)7-14(12)26-4/h6-7,10H,5,8-9H2,1-4H3,(H,19,24)/t10-/m1/s1. The number of methoxy groups -OCH3 is 2. The number of likely N-dealkylation sites (N-methyl/N-ethyl adjacent to an activating group) is 1. The second-order valence-corrected chi connectivity index (χ2v) is 6.48. The van der Waals surface area contributed by atoms with E-state index in [4.69, 9.17) is 21.1 Å². The number of rotatable bonds is 6. The molecule has 1 N–H and O–H groups in total. The van der Waals surface area contributed by atoms with Crippen molar-refractivity contribution in [1.29, 1.82) is 0 Å². The molecular weight excluding hydrogens is 362 g/mol. The first-order valence-electron chi connectivity index (χ1n) is 7.98. The van der Waals surface area contributed by atoms with Gasteiger partial charge in [-0.05, 0) is 6.07 Å². The quantitative estimate of drug-likeness (QED) is 0.789. The lowest BCUT2D eigenvalue weighted by atomic mass is 10.1. The number of carbonyl (C=O) groups excluding carboxylic acids is 3. The predicted octanol–water partition coefficient (Wildman–Crippen LogP) is 0.914. The van der Waals surface area contributed by atoms with Gasteiger partial charge in [-0.15, -0.1) is 0 Å². The van der Waals surface area contributed by atoms with Crippen LogP contribution < -0.4 is 19.7 Å². The van der Waals surface area contributed by atoms with Crippen LogP contribution in [0.3, 0.4) is 0 Å². The minimum absolute atomic E-state index is 0.0504. The fourth-order valence-corrected chi connectivity index (χ4v) is 2.87. The molecule has 0 bridgehead atoms. The summed E-state index contributed by atoms with van der Waals surface area (Å²) in [5.74, 6) is -0.483. The van der Waals surface area contributed by atoms with E-state index in [1.165, 1.54) is 24.0 Å². The number of ether oxygens (including phenoxy) is 2. The van der Waals surface area contributed by atoms with Gasteiger partial charge in [-0.2, -0.15) is 0 Å². The average molecular weight is 384 g/mol. The van der Waals surface area contributed by atoms with E-state index < -0.39 is 5.92 Å². The van der Waals surface area contributed by atoms with E-state index in [-0.39, 0.29) is 37.2 Å². The van der Waals surface area contributed by atoms with Crippen molar-refractivity contribution in [3.8, 4) is 11.5 Å². The molecule has 1 aromatic rings. The van der Waals surface area contributed by atoms with Crippen LogP contribution in [0.1, 0.15) is 6.42 Å². The van der Waals surface area contributed by atoms with Crippen LogP contribution in [-0.2, 0) is 14.4 Å². The molecule has 8 nitrogen and oxygen atoms in total. The van der Waals surface area contributed by atoms with E-state index in [1.807, 2.05) is 0 Å². The summed E-state index contributed by atoms with van der Waals surface area (Å²) in [7, 11) is 6.17. The first kappa shape index (κ1) is 19.8. The van der Waals surface area contributed by atoms with E-state index >= 15 is 0 Å². The van der Waals surface area contributed by atoms with Crippen LogP contribution in [0.2, 0.25) is 5.02 Å². The monoisotopic (exact) mass is 383 g/mol. The Bertz CT molecular complexity index is 723. The molecule has 0 aromatic heterocycles. The van der Waals surface area contributed by atoms with Crippen molar-refractivity contribution in [3.05, 3.63) is 17.2 Å². The zero-order valence-electron chi connectivity index (χ0n) is 15.2. The molecule has 1 aromatic carbocycles. The zero-order chi connectivity index (χ0) is 19.4. The molecular formula is C17H22ClN3O5. The van der Waals surface area contributed by atoms with Crippen molar-refractivity contribution in [3.63, 3.8) is 0 Å². The number of anilines is 1. The molecule has 0 aliphatic carbocycles. The second kappa shape index (κ2) is 8.27. The molecule has 1 aliphatic heterocycles. The number of hydrogen-bond acceptors (Lipinski definition) is 5. The Morgan fingerprint density at radius 2 is 1.92 bits per heavy atom. The minimum atomic E-state index is -0.553. The maximum absolute atomic E-state index is 12.4. The number of hydrogen-bond donors (Lipinski definition) is 1.